The molecule has 0 N–H and O–H groups in total. The summed E-state index contributed by atoms with van der Waals surface area (Å²) >= 11 is 0. The molecule has 6 nitrogen and oxygen atoms in total. The third-order valence-electron chi connectivity index (χ3n) is 4.74. The predicted octanol–water partition coefficient (Wildman–Crippen LogP) is 5.15. The van der Waals surface area contributed by atoms with Gasteiger partial charge in [0.25, 0.3) is 0 Å². The van der Waals surface area contributed by atoms with Crippen LogP contribution in [0.5, 0.6) is 0 Å². The van der Waals surface area contributed by atoms with Crippen molar-refractivity contribution in [1.82, 2.24) is 0 Å². The van der Waals surface area contributed by atoms with Crippen LogP contribution < -0.4 is 0 Å². The number of carbonyl (C=O) groups excluding carboxylic acids is 2. The van der Waals surface area contributed by atoms with Gasteiger partial charge >= 0.3 is 11.9 Å². The Kier molecular flexibility index (Phi) is 13.1. The minimum atomic E-state index is -0.758. The second-order valence-electron chi connectivity index (χ2n) is 8.49. The van der Waals surface area contributed by atoms with Gasteiger partial charge in [0.15, 0.2) is 0 Å². The Morgan fingerprint density at radius 2 is 0.967 bits per heavy atom. The van der Waals surface area contributed by atoms with Gasteiger partial charge in [0.2, 0.25) is 0 Å². The molecule has 0 aromatic carbocycles. The summed E-state index contributed by atoms with van der Waals surface area (Å²) in [4.78, 5) is 43.7. The highest BCUT2D eigenvalue weighted by atomic mass is 17.2. The first-order chi connectivity index (χ1) is 14.0. The van der Waals surface area contributed by atoms with Crippen LogP contribution in [0.1, 0.15) is 93.9 Å². The molecule has 0 spiro atoms. The van der Waals surface area contributed by atoms with E-state index in [1.165, 1.54) is 0 Å². The third kappa shape index (κ3) is 13.2. The van der Waals surface area contributed by atoms with Crippen molar-refractivity contribution < 1.29 is 29.1 Å². The van der Waals surface area contributed by atoms with Crippen molar-refractivity contribution in [1.29, 1.82) is 0 Å². The lowest BCUT2D eigenvalue weighted by molar-refractivity contribution is -0.336. The second-order valence-corrected chi connectivity index (χ2v) is 8.49. The largest absolute Gasteiger partial charge is 0.416 e. The lowest BCUT2D eigenvalue weighted by Gasteiger charge is -2.28. The van der Waals surface area contributed by atoms with Gasteiger partial charge in [-0.25, -0.2) is 9.59 Å². The molecule has 0 aromatic rings. The SMILES string of the molecule is CCC(C#CC(=O)OOC(C)(C)CCC(C)(C)OOC(=O)C#CC(CC)CC)CC. The Bertz CT molecular complexity index is 591. The van der Waals surface area contributed by atoms with Gasteiger partial charge in [-0.2, -0.15) is 9.78 Å². The zero-order chi connectivity index (χ0) is 23.2. The van der Waals surface area contributed by atoms with Gasteiger partial charge in [-0.15, -0.1) is 0 Å². The van der Waals surface area contributed by atoms with E-state index < -0.39 is 23.1 Å². The molecule has 0 amide bonds. The Morgan fingerprint density at radius 3 is 1.23 bits per heavy atom. The quantitative estimate of drug-likeness (QED) is 0.260. The Labute approximate surface area is 182 Å². The summed E-state index contributed by atoms with van der Waals surface area (Å²) in [7, 11) is 0. The number of carbonyl (C=O) groups is 2. The van der Waals surface area contributed by atoms with Crippen LogP contribution >= 0.6 is 0 Å². The van der Waals surface area contributed by atoms with Gasteiger partial charge in [-0.05, 0) is 66.2 Å². The fraction of sp³-hybridized carbons (Fsp3) is 0.750. The lowest BCUT2D eigenvalue weighted by Crippen LogP contribution is -2.32. The molecule has 30 heavy (non-hydrogen) atoms. The highest BCUT2D eigenvalue weighted by Crippen LogP contribution is 2.25. The average Bonchev–Trinajstić information content (AvgIpc) is 2.71. The monoisotopic (exact) mass is 422 g/mol. The molecule has 0 aliphatic rings. The summed E-state index contributed by atoms with van der Waals surface area (Å²) in [5.41, 5.74) is -1.52. The minimum absolute atomic E-state index is 0.172. The summed E-state index contributed by atoms with van der Waals surface area (Å²) in [6.07, 6.45) is 4.51. The van der Waals surface area contributed by atoms with Crippen molar-refractivity contribution in [2.24, 2.45) is 11.8 Å². The molecule has 6 heteroatoms. The van der Waals surface area contributed by atoms with E-state index in [0.29, 0.717) is 12.8 Å². The number of hydrogen-bond acceptors (Lipinski definition) is 6. The Balaban J connectivity index is 4.48. The molecule has 0 atom stereocenters. The molecule has 0 bridgehead atoms. The Morgan fingerprint density at radius 1 is 0.667 bits per heavy atom. The van der Waals surface area contributed by atoms with Gasteiger partial charge < -0.3 is 0 Å². The summed E-state index contributed by atoms with van der Waals surface area (Å²) in [5, 5.41) is 0. The van der Waals surface area contributed by atoms with Crippen LogP contribution in [0.25, 0.3) is 0 Å². The van der Waals surface area contributed by atoms with Crippen molar-refractivity contribution in [3.63, 3.8) is 0 Å². The van der Waals surface area contributed by atoms with E-state index in [-0.39, 0.29) is 11.8 Å². The molecule has 170 valence electrons. The van der Waals surface area contributed by atoms with Crippen LogP contribution in [0.15, 0.2) is 0 Å². The molecule has 0 radical (unpaired) electrons. The molecular formula is C24H38O6. The van der Waals surface area contributed by atoms with Crippen LogP contribution in [-0.4, -0.2) is 23.1 Å². The fourth-order valence-corrected chi connectivity index (χ4v) is 2.34. The van der Waals surface area contributed by atoms with Gasteiger partial charge in [0, 0.05) is 23.7 Å². The molecule has 0 aliphatic heterocycles. The van der Waals surface area contributed by atoms with Gasteiger partial charge in [0.1, 0.15) is 11.2 Å². The first kappa shape index (κ1) is 28.0. The zero-order valence-electron chi connectivity index (χ0n) is 19.8. The molecule has 0 aromatic heterocycles. The van der Waals surface area contributed by atoms with Crippen molar-refractivity contribution in [3.05, 3.63) is 0 Å². The first-order valence-corrected chi connectivity index (χ1v) is 10.8. The summed E-state index contributed by atoms with van der Waals surface area (Å²) in [5.74, 6) is 9.60. The van der Waals surface area contributed by atoms with Crippen molar-refractivity contribution in [3.8, 4) is 23.7 Å². The van der Waals surface area contributed by atoms with Crippen LogP contribution in [0.4, 0.5) is 0 Å². The molecular weight excluding hydrogens is 384 g/mol. The molecule has 0 aliphatic carbocycles. The van der Waals surface area contributed by atoms with Gasteiger partial charge in [0.05, 0.1) is 0 Å². The third-order valence-corrected chi connectivity index (χ3v) is 4.74. The van der Waals surface area contributed by atoms with Crippen LogP contribution in [0, 0.1) is 35.5 Å². The normalized spacial score (nSPS) is 11.4. The number of rotatable bonds is 11. The lowest BCUT2D eigenvalue weighted by atomic mass is 9.94. The van der Waals surface area contributed by atoms with E-state index in [4.69, 9.17) is 19.6 Å². The topological polar surface area (TPSA) is 71.1 Å². The minimum Gasteiger partial charge on any atom is -0.283 e. The van der Waals surface area contributed by atoms with Crippen molar-refractivity contribution >= 4 is 11.9 Å². The van der Waals surface area contributed by atoms with Crippen molar-refractivity contribution in [2.75, 3.05) is 0 Å². The maximum absolute atomic E-state index is 11.7. The van der Waals surface area contributed by atoms with Crippen LogP contribution in [-0.2, 0) is 29.1 Å². The van der Waals surface area contributed by atoms with E-state index in [9.17, 15) is 9.59 Å². The summed E-state index contributed by atoms with van der Waals surface area (Å²) < 4.78 is 0. The van der Waals surface area contributed by atoms with E-state index in [2.05, 4.69) is 23.7 Å². The molecule has 0 fully saturated rings. The summed E-state index contributed by atoms with van der Waals surface area (Å²) in [6, 6.07) is 0. The molecule has 0 rings (SSSR count). The summed E-state index contributed by atoms with van der Waals surface area (Å²) in [6.45, 7) is 15.2. The highest BCUT2D eigenvalue weighted by molar-refractivity contribution is 5.88. The molecule has 0 saturated heterocycles. The fourth-order valence-electron chi connectivity index (χ4n) is 2.34. The maximum Gasteiger partial charge on any atom is 0.416 e. The zero-order valence-corrected chi connectivity index (χ0v) is 19.8. The molecule has 0 heterocycles. The highest BCUT2D eigenvalue weighted by Gasteiger charge is 2.29. The predicted molar refractivity (Wildman–Crippen MR) is 115 cm³/mol. The smallest absolute Gasteiger partial charge is 0.283 e. The molecule has 0 unspecified atom stereocenters. The second kappa shape index (κ2) is 14.1. The van der Waals surface area contributed by atoms with Crippen LogP contribution in [0.3, 0.4) is 0 Å². The standard InChI is InChI=1S/C24H38O6/c1-9-19(10-2)13-15-21(25)27-29-23(5,6)17-18-24(7,8)30-28-22(26)16-14-20(11-3)12-4/h19-20H,9-12,17-18H2,1-8H3. The van der Waals surface area contributed by atoms with E-state index in [0.717, 1.165) is 25.7 Å². The number of hydrogen-bond donors (Lipinski definition) is 0. The van der Waals surface area contributed by atoms with E-state index >= 15 is 0 Å². The average molecular weight is 423 g/mol. The first-order valence-electron chi connectivity index (χ1n) is 10.8. The van der Waals surface area contributed by atoms with Gasteiger partial charge in [-0.3, -0.25) is 9.78 Å². The van der Waals surface area contributed by atoms with E-state index in [1.54, 1.807) is 27.7 Å². The maximum atomic E-state index is 11.7. The molecule has 0 saturated carbocycles. The van der Waals surface area contributed by atoms with Crippen LogP contribution in [0.2, 0.25) is 0 Å². The Hall–Kier alpha value is -2.02. The van der Waals surface area contributed by atoms with E-state index in [1.807, 2.05) is 27.7 Å². The van der Waals surface area contributed by atoms with Gasteiger partial charge in [-0.1, -0.05) is 39.5 Å². The van der Waals surface area contributed by atoms with Crippen molar-refractivity contribution in [2.45, 2.75) is 105 Å².